The Bertz CT molecular complexity index is 858. The highest BCUT2D eigenvalue weighted by atomic mass is 79.9. The summed E-state index contributed by atoms with van der Waals surface area (Å²) in [6.45, 7) is 1.04. The van der Waals surface area contributed by atoms with Gasteiger partial charge in [0.1, 0.15) is 0 Å². The fraction of sp³-hybridized carbons (Fsp3) is 0.211. The van der Waals surface area contributed by atoms with Gasteiger partial charge in [-0.25, -0.2) is 4.98 Å². The monoisotopic (exact) mass is 450 g/mol. The second-order valence-corrected chi connectivity index (χ2v) is 8.37. The van der Waals surface area contributed by atoms with E-state index in [1.165, 1.54) is 26.6 Å². The number of halogens is 1. The number of rotatable bonds is 4. The van der Waals surface area contributed by atoms with Gasteiger partial charge in [-0.2, -0.15) is 0 Å². The summed E-state index contributed by atoms with van der Waals surface area (Å²) in [5.74, 6) is 1.12. The van der Waals surface area contributed by atoms with E-state index < -0.39 is 0 Å². The summed E-state index contributed by atoms with van der Waals surface area (Å²) in [4.78, 5) is 7.52. The number of nitrogens with zero attached hydrogens (tertiary/aromatic N) is 2. The molecule has 0 radical (unpaired) electrons. The third-order valence-corrected chi connectivity index (χ3v) is 6.65. The normalized spacial score (nSPS) is 12.7. The van der Waals surface area contributed by atoms with Crippen molar-refractivity contribution in [2.45, 2.75) is 21.5 Å². The van der Waals surface area contributed by atoms with Crippen molar-refractivity contribution >= 4 is 52.3 Å². The molecule has 0 N–H and O–H groups in total. The van der Waals surface area contributed by atoms with Gasteiger partial charge in [0.15, 0.2) is 5.16 Å². The first kappa shape index (κ1) is 19.0. The van der Waals surface area contributed by atoms with Crippen LogP contribution in [0.4, 0.5) is 0 Å². The van der Waals surface area contributed by atoms with Crippen molar-refractivity contribution in [3.05, 3.63) is 48.5 Å². The molecule has 1 aliphatic heterocycles. The first-order chi connectivity index (χ1) is 11.8. The van der Waals surface area contributed by atoms with Crippen LogP contribution in [0.2, 0.25) is 0 Å². The summed E-state index contributed by atoms with van der Waals surface area (Å²) < 4.78 is 2.37. The molecule has 0 aliphatic carbocycles. The number of imidazole rings is 1. The average Bonchev–Trinajstić information content (AvgIpc) is 3.23. The molecular weight excluding hydrogens is 432 g/mol. The van der Waals surface area contributed by atoms with Crippen LogP contribution in [-0.4, -0.2) is 27.8 Å². The van der Waals surface area contributed by atoms with E-state index in [-0.39, 0.29) is 17.0 Å². The van der Waals surface area contributed by atoms with Gasteiger partial charge < -0.3 is 4.57 Å². The molecule has 4 rings (SSSR count). The van der Waals surface area contributed by atoms with Gasteiger partial charge in [-0.05, 0) is 36.8 Å². The van der Waals surface area contributed by atoms with Crippen LogP contribution >= 0.6 is 52.3 Å². The van der Waals surface area contributed by atoms with E-state index in [4.69, 9.17) is 4.98 Å². The third-order valence-electron chi connectivity index (χ3n) is 4.21. The van der Waals surface area contributed by atoms with Crippen molar-refractivity contribution in [3.8, 4) is 22.5 Å². The van der Waals surface area contributed by atoms with Crippen LogP contribution in [0.15, 0.2) is 63.5 Å². The van der Waals surface area contributed by atoms with Crippen LogP contribution in [-0.2, 0) is 6.54 Å². The summed E-state index contributed by atoms with van der Waals surface area (Å²) >= 11 is 5.40. The summed E-state index contributed by atoms with van der Waals surface area (Å²) in [6, 6.07) is 17.6. The maximum absolute atomic E-state index is 4.95. The van der Waals surface area contributed by atoms with Crippen LogP contribution in [0, 0.1) is 0 Å². The lowest BCUT2D eigenvalue weighted by molar-refractivity contribution is 0.726. The van der Waals surface area contributed by atoms with E-state index in [0.717, 1.165) is 23.1 Å². The smallest absolute Gasteiger partial charge is 0.169 e. The Balaban J connectivity index is 0.00000182. The number of benzene rings is 2. The van der Waals surface area contributed by atoms with E-state index >= 15 is 0 Å². The molecule has 25 heavy (non-hydrogen) atoms. The third kappa shape index (κ3) is 3.68. The van der Waals surface area contributed by atoms with Gasteiger partial charge in [-0.1, -0.05) is 36.0 Å². The predicted molar refractivity (Wildman–Crippen MR) is 118 cm³/mol. The molecule has 0 amide bonds. The molecule has 2 nitrogen and oxygen atoms in total. The van der Waals surface area contributed by atoms with Gasteiger partial charge in [0.05, 0.1) is 11.4 Å². The average molecular weight is 451 g/mol. The lowest BCUT2D eigenvalue weighted by atomic mass is 10.0. The van der Waals surface area contributed by atoms with Crippen LogP contribution in [0.1, 0.15) is 0 Å². The Morgan fingerprint density at radius 3 is 2.00 bits per heavy atom. The summed E-state index contributed by atoms with van der Waals surface area (Å²) in [6.07, 6.45) is 4.22. The van der Waals surface area contributed by atoms with Crippen molar-refractivity contribution in [2.24, 2.45) is 0 Å². The molecule has 130 valence electrons. The molecule has 2 heterocycles. The van der Waals surface area contributed by atoms with E-state index in [9.17, 15) is 0 Å². The first-order valence-electron chi connectivity index (χ1n) is 7.82. The molecule has 0 saturated heterocycles. The minimum atomic E-state index is 0. The predicted octanol–water partition coefficient (Wildman–Crippen LogP) is 6.34. The molecule has 6 heteroatoms. The molecule has 1 aromatic heterocycles. The van der Waals surface area contributed by atoms with Gasteiger partial charge in [0.2, 0.25) is 0 Å². The first-order valence-corrected chi connectivity index (χ1v) is 11.3. The van der Waals surface area contributed by atoms with E-state index in [2.05, 4.69) is 65.6 Å². The molecule has 0 atom stereocenters. The highest BCUT2D eigenvalue weighted by Gasteiger charge is 2.23. The zero-order valence-electron chi connectivity index (χ0n) is 14.1. The molecule has 0 unspecified atom stereocenters. The molecule has 0 bridgehead atoms. The van der Waals surface area contributed by atoms with Gasteiger partial charge >= 0.3 is 0 Å². The molecule has 0 spiro atoms. The highest BCUT2D eigenvalue weighted by molar-refractivity contribution is 8.93. The number of thioether (sulfide) groups is 3. The number of aromatic nitrogens is 2. The lowest BCUT2D eigenvalue weighted by Gasteiger charge is -2.09. The van der Waals surface area contributed by atoms with Gasteiger partial charge in [-0.15, -0.1) is 40.5 Å². The van der Waals surface area contributed by atoms with E-state index in [1.54, 1.807) is 23.5 Å². The molecule has 1 aliphatic rings. The van der Waals surface area contributed by atoms with E-state index in [0.29, 0.717) is 0 Å². The van der Waals surface area contributed by atoms with Gasteiger partial charge in [0, 0.05) is 33.2 Å². The van der Waals surface area contributed by atoms with Crippen molar-refractivity contribution in [1.29, 1.82) is 0 Å². The Hall–Kier alpha value is -0.820. The summed E-state index contributed by atoms with van der Waals surface area (Å²) in [7, 11) is 0. The minimum absolute atomic E-state index is 0. The van der Waals surface area contributed by atoms with Gasteiger partial charge in [-0.3, -0.25) is 0 Å². The van der Waals surface area contributed by atoms with Crippen LogP contribution in [0.3, 0.4) is 0 Å². The zero-order valence-corrected chi connectivity index (χ0v) is 18.2. The molecule has 2 aromatic carbocycles. The maximum atomic E-state index is 4.95. The maximum Gasteiger partial charge on any atom is 0.169 e. The molecule has 0 fully saturated rings. The summed E-state index contributed by atoms with van der Waals surface area (Å²) in [5, 5.41) is 1.14. The number of hydrogen-bond donors (Lipinski definition) is 0. The minimum Gasteiger partial charge on any atom is -0.318 e. The fourth-order valence-corrected chi connectivity index (χ4v) is 4.74. The second-order valence-electron chi connectivity index (χ2n) is 5.55. The van der Waals surface area contributed by atoms with Crippen molar-refractivity contribution in [3.63, 3.8) is 0 Å². The summed E-state index contributed by atoms with van der Waals surface area (Å²) in [5.41, 5.74) is 4.79. The fourth-order valence-electron chi connectivity index (χ4n) is 2.97. The Labute approximate surface area is 172 Å². The van der Waals surface area contributed by atoms with Gasteiger partial charge in [0.25, 0.3) is 0 Å². The molecule has 0 saturated carbocycles. The van der Waals surface area contributed by atoms with Crippen molar-refractivity contribution < 1.29 is 0 Å². The Morgan fingerprint density at radius 1 is 0.880 bits per heavy atom. The Morgan fingerprint density at radius 2 is 1.44 bits per heavy atom. The molecular formula is C19H19BrN2S3. The molecule has 3 aromatic rings. The zero-order chi connectivity index (χ0) is 16.5. The highest BCUT2D eigenvalue weighted by Crippen LogP contribution is 2.39. The van der Waals surface area contributed by atoms with Crippen LogP contribution in [0.5, 0.6) is 0 Å². The standard InChI is InChI=1S/C19H18N2S3.BrH/c1-22-15-7-3-13(4-8-15)17-18(21-11-12-24-19(21)20-17)14-5-9-16(23-2)10-6-14;/h3-10H,11-12H2,1-2H3;1H. The lowest BCUT2D eigenvalue weighted by Crippen LogP contribution is -1.97. The largest absolute Gasteiger partial charge is 0.318 e. The number of hydrogen-bond acceptors (Lipinski definition) is 4. The van der Waals surface area contributed by atoms with Crippen LogP contribution < -0.4 is 0 Å². The number of fused-ring (bicyclic) bond motifs is 1. The SMILES string of the molecule is Br.CSc1ccc(-c2nc3n(c2-c2ccc(SC)cc2)CCS3)cc1. The van der Waals surface area contributed by atoms with Crippen LogP contribution in [0.25, 0.3) is 22.5 Å². The van der Waals surface area contributed by atoms with E-state index in [1.807, 2.05) is 11.8 Å². The second kappa shape index (κ2) is 8.25. The quantitative estimate of drug-likeness (QED) is 0.430. The van der Waals surface area contributed by atoms with Crippen molar-refractivity contribution in [1.82, 2.24) is 9.55 Å². The Kier molecular flexibility index (Phi) is 6.25. The topological polar surface area (TPSA) is 17.8 Å². The van der Waals surface area contributed by atoms with Crippen molar-refractivity contribution in [2.75, 3.05) is 18.3 Å².